The lowest BCUT2D eigenvalue weighted by molar-refractivity contribution is -0.122. The van der Waals surface area contributed by atoms with E-state index in [1.54, 1.807) is 43.3 Å². The molecule has 1 heterocycles. The topological polar surface area (TPSA) is 109 Å². The van der Waals surface area contributed by atoms with Crippen LogP contribution in [0, 0.1) is 18.3 Å². The van der Waals surface area contributed by atoms with E-state index in [2.05, 4.69) is 27.8 Å². The van der Waals surface area contributed by atoms with E-state index in [9.17, 15) is 14.4 Å². The smallest absolute Gasteiger partial charge is 0.335 e. The van der Waals surface area contributed by atoms with Crippen LogP contribution in [0.3, 0.4) is 0 Å². The highest BCUT2D eigenvalue weighted by atomic mass is 79.9. The maximum Gasteiger partial charge on any atom is 0.335 e. The number of benzene rings is 2. The minimum atomic E-state index is -0.823. The molecule has 1 aliphatic heterocycles. The maximum atomic E-state index is 13.2. The summed E-state index contributed by atoms with van der Waals surface area (Å²) in [5, 5.41) is 11.1. The van der Waals surface area contributed by atoms with E-state index in [-0.39, 0.29) is 12.2 Å². The molecule has 0 bridgehead atoms. The lowest BCUT2D eigenvalue weighted by Crippen LogP contribution is -2.54. The van der Waals surface area contributed by atoms with Crippen molar-refractivity contribution in [1.82, 2.24) is 5.32 Å². The molecule has 1 N–H and O–H groups in total. The number of hydrogen-bond acceptors (Lipinski definition) is 6. The molecule has 0 saturated carbocycles. The van der Waals surface area contributed by atoms with Crippen molar-refractivity contribution >= 4 is 45.5 Å². The van der Waals surface area contributed by atoms with Gasteiger partial charge < -0.3 is 9.47 Å². The lowest BCUT2D eigenvalue weighted by atomic mass is 10.0. The number of aryl methyl sites for hydroxylation is 1. The molecule has 0 spiro atoms. The molecule has 8 nitrogen and oxygen atoms in total. The van der Waals surface area contributed by atoms with Gasteiger partial charge in [-0.15, -0.1) is 6.58 Å². The molecule has 1 saturated heterocycles. The number of amides is 4. The number of urea groups is 1. The van der Waals surface area contributed by atoms with Crippen molar-refractivity contribution in [1.29, 1.82) is 5.26 Å². The van der Waals surface area contributed by atoms with Crippen LogP contribution in [0.4, 0.5) is 10.5 Å². The van der Waals surface area contributed by atoms with Crippen LogP contribution in [-0.2, 0) is 16.0 Å². The molecule has 34 heavy (non-hydrogen) atoms. The number of carbonyl (C=O) groups excluding carboxylic acids is 3. The molecule has 0 aliphatic carbocycles. The molecule has 174 valence electrons. The Balaban J connectivity index is 2.08. The Morgan fingerprint density at radius 3 is 2.62 bits per heavy atom. The van der Waals surface area contributed by atoms with Gasteiger partial charge in [-0.1, -0.05) is 22.0 Å². The van der Waals surface area contributed by atoms with Crippen molar-refractivity contribution in [2.45, 2.75) is 20.3 Å². The highest BCUT2D eigenvalue weighted by molar-refractivity contribution is 9.10. The minimum absolute atomic E-state index is 0.171. The van der Waals surface area contributed by atoms with Crippen LogP contribution in [0.2, 0.25) is 0 Å². The zero-order valence-electron chi connectivity index (χ0n) is 18.7. The molecule has 4 amide bonds. The average Bonchev–Trinajstić information content (AvgIpc) is 2.79. The number of anilines is 1. The SMILES string of the molecule is C=CCc1cc(/C=C2\C(=O)NC(=O)N(c3ccc(Br)c(C)c3)C2=O)cc(OCC)c1OCC#N. The largest absolute Gasteiger partial charge is 0.490 e. The van der Waals surface area contributed by atoms with E-state index in [4.69, 9.17) is 14.7 Å². The van der Waals surface area contributed by atoms with E-state index in [0.717, 1.165) is 14.9 Å². The fraction of sp³-hybridized carbons (Fsp3) is 0.200. The number of nitriles is 1. The van der Waals surface area contributed by atoms with Crippen LogP contribution in [0.1, 0.15) is 23.6 Å². The molecule has 0 atom stereocenters. The van der Waals surface area contributed by atoms with E-state index in [1.165, 1.54) is 6.08 Å². The Labute approximate surface area is 205 Å². The summed E-state index contributed by atoms with van der Waals surface area (Å²) in [7, 11) is 0. The molecule has 2 aromatic rings. The van der Waals surface area contributed by atoms with Crippen LogP contribution in [-0.4, -0.2) is 31.1 Å². The van der Waals surface area contributed by atoms with Gasteiger partial charge in [0.1, 0.15) is 11.6 Å². The molecule has 1 fully saturated rings. The van der Waals surface area contributed by atoms with Gasteiger partial charge in [-0.3, -0.25) is 14.9 Å². The summed E-state index contributed by atoms with van der Waals surface area (Å²) in [6, 6.07) is 9.44. The lowest BCUT2D eigenvalue weighted by Gasteiger charge is -2.27. The number of barbiturate groups is 1. The van der Waals surface area contributed by atoms with Gasteiger partial charge in [0.15, 0.2) is 18.1 Å². The fourth-order valence-electron chi connectivity index (χ4n) is 3.43. The van der Waals surface area contributed by atoms with E-state index in [0.29, 0.717) is 41.3 Å². The van der Waals surface area contributed by atoms with Gasteiger partial charge in [-0.05, 0) is 67.8 Å². The number of rotatable bonds is 8. The molecule has 3 rings (SSSR count). The van der Waals surface area contributed by atoms with E-state index in [1.807, 2.05) is 13.0 Å². The Bertz CT molecular complexity index is 1250. The van der Waals surface area contributed by atoms with Crippen molar-refractivity contribution in [2.24, 2.45) is 0 Å². The first-order chi connectivity index (χ1) is 16.3. The Hall–Kier alpha value is -3.90. The minimum Gasteiger partial charge on any atom is -0.490 e. The number of halogens is 1. The summed E-state index contributed by atoms with van der Waals surface area (Å²) in [4.78, 5) is 39.2. The third-order valence-electron chi connectivity index (χ3n) is 4.91. The van der Waals surface area contributed by atoms with Crippen molar-refractivity contribution < 1.29 is 23.9 Å². The van der Waals surface area contributed by atoms with Gasteiger partial charge in [-0.25, -0.2) is 9.69 Å². The second-order valence-electron chi connectivity index (χ2n) is 7.27. The molecule has 2 aromatic carbocycles. The second kappa shape index (κ2) is 10.8. The van der Waals surface area contributed by atoms with Gasteiger partial charge in [-0.2, -0.15) is 5.26 Å². The van der Waals surface area contributed by atoms with Crippen LogP contribution >= 0.6 is 15.9 Å². The Kier molecular flexibility index (Phi) is 7.87. The maximum absolute atomic E-state index is 13.2. The average molecular weight is 524 g/mol. The Morgan fingerprint density at radius 2 is 1.97 bits per heavy atom. The van der Waals surface area contributed by atoms with Crippen molar-refractivity contribution in [2.75, 3.05) is 18.1 Å². The third kappa shape index (κ3) is 5.18. The number of imide groups is 2. The summed E-state index contributed by atoms with van der Waals surface area (Å²) < 4.78 is 12.1. The van der Waals surface area contributed by atoms with Crippen LogP contribution in [0.25, 0.3) is 6.08 Å². The standard InChI is InChI=1S/C25H22BrN3O5/c1-4-6-17-12-16(14-21(33-5-2)22(17)34-10-9-27)13-19-23(30)28-25(32)29(24(19)31)18-7-8-20(26)15(3)11-18/h4,7-8,11-14H,1,5-6,10H2,2-3H3,(H,28,30,32)/b19-13+. The quantitative estimate of drug-likeness (QED) is 0.311. The van der Waals surface area contributed by atoms with E-state index < -0.39 is 17.8 Å². The summed E-state index contributed by atoms with van der Waals surface area (Å²) in [5.74, 6) is -0.785. The normalized spacial score (nSPS) is 14.6. The van der Waals surface area contributed by atoms with Crippen LogP contribution in [0.5, 0.6) is 11.5 Å². The zero-order valence-corrected chi connectivity index (χ0v) is 20.3. The van der Waals surface area contributed by atoms with Gasteiger partial charge in [0.2, 0.25) is 0 Å². The number of allylic oxidation sites excluding steroid dienone is 1. The van der Waals surface area contributed by atoms with Crippen molar-refractivity contribution in [3.8, 4) is 17.6 Å². The number of hydrogen-bond donors (Lipinski definition) is 1. The molecule has 0 aromatic heterocycles. The molecule has 1 aliphatic rings. The summed E-state index contributed by atoms with van der Waals surface area (Å²) in [6.07, 6.45) is 3.46. The molecule has 0 radical (unpaired) electrons. The molecule has 0 unspecified atom stereocenters. The second-order valence-corrected chi connectivity index (χ2v) is 8.13. The first kappa shape index (κ1) is 24.7. The number of ether oxygens (including phenoxy) is 2. The number of nitrogens with one attached hydrogen (secondary N) is 1. The first-order valence-corrected chi connectivity index (χ1v) is 11.2. The number of carbonyl (C=O) groups is 3. The van der Waals surface area contributed by atoms with Gasteiger partial charge in [0, 0.05) is 10.0 Å². The van der Waals surface area contributed by atoms with Gasteiger partial charge in [0.25, 0.3) is 11.8 Å². The summed E-state index contributed by atoms with van der Waals surface area (Å²) in [6.45, 7) is 7.54. The highest BCUT2D eigenvalue weighted by Crippen LogP contribution is 2.35. The van der Waals surface area contributed by atoms with Gasteiger partial charge >= 0.3 is 6.03 Å². The van der Waals surface area contributed by atoms with Crippen LogP contribution < -0.4 is 19.7 Å². The third-order valence-corrected chi connectivity index (χ3v) is 5.80. The fourth-order valence-corrected chi connectivity index (χ4v) is 3.68. The predicted molar refractivity (Wildman–Crippen MR) is 131 cm³/mol. The summed E-state index contributed by atoms with van der Waals surface area (Å²) >= 11 is 3.39. The monoisotopic (exact) mass is 523 g/mol. The van der Waals surface area contributed by atoms with Gasteiger partial charge in [0.05, 0.1) is 12.3 Å². The molecular weight excluding hydrogens is 502 g/mol. The Morgan fingerprint density at radius 1 is 1.21 bits per heavy atom. The molecular formula is C25H22BrN3O5. The van der Waals surface area contributed by atoms with Crippen molar-refractivity contribution in [3.63, 3.8) is 0 Å². The predicted octanol–water partition coefficient (Wildman–Crippen LogP) is 4.45. The first-order valence-electron chi connectivity index (χ1n) is 10.4. The van der Waals surface area contributed by atoms with Crippen LogP contribution in [0.15, 0.2) is 53.0 Å². The highest BCUT2D eigenvalue weighted by Gasteiger charge is 2.37. The number of nitrogens with zero attached hydrogens (tertiary/aromatic N) is 2. The van der Waals surface area contributed by atoms with Crippen molar-refractivity contribution in [3.05, 3.63) is 69.7 Å². The molecule has 9 heteroatoms. The zero-order chi connectivity index (χ0) is 24.8. The summed E-state index contributed by atoms with van der Waals surface area (Å²) in [5.41, 5.74) is 2.11. The van der Waals surface area contributed by atoms with E-state index >= 15 is 0 Å².